The van der Waals surface area contributed by atoms with Crippen molar-refractivity contribution in [3.05, 3.63) is 24.3 Å². The molecular formula is C16H28N2O4. The largest absolute Gasteiger partial charge is 0.395 e. The fourth-order valence-electron chi connectivity index (χ4n) is 2.26. The van der Waals surface area contributed by atoms with Gasteiger partial charge in [-0.15, -0.1) is 0 Å². The van der Waals surface area contributed by atoms with Gasteiger partial charge >= 0.3 is 0 Å². The average molecular weight is 312 g/mol. The molecule has 6 heteroatoms. The summed E-state index contributed by atoms with van der Waals surface area (Å²) in [6.45, 7) is 4.07. The first-order valence-electron chi connectivity index (χ1n) is 7.56. The van der Waals surface area contributed by atoms with E-state index in [-0.39, 0.29) is 13.2 Å². The molecule has 1 aromatic rings. The fraction of sp³-hybridized carbons (Fsp3) is 0.625. The van der Waals surface area contributed by atoms with Crippen LogP contribution in [0.5, 0.6) is 0 Å². The van der Waals surface area contributed by atoms with Gasteiger partial charge in [0.15, 0.2) is 0 Å². The van der Waals surface area contributed by atoms with Gasteiger partial charge in [0.05, 0.1) is 26.4 Å². The van der Waals surface area contributed by atoms with Gasteiger partial charge in [-0.05, 0) is 24.3 Å². The van der Waals surface area contributed by atoms with Crippen molar-refractivity contribution in [1.29, 1.82) is 0 Å². The lowest BCUT2D eigenvalue weighted by Crippen LogP contribution is -2.31. The summed E-state index contributed by atoms with van der Waals surface area (Å²) in [7, 11) is 3.39. The van der Waals surface area contributed by atoms with Crippen LogP contribution in [0.1, 0.15) is 0 Å². The Kier molecular flexibility index (Phi) is 9.57. The second-order valence-electron chi connectivity index (χ2n) is 4.92. The summed E-state index contributed by atoms with van der Waals surface area (Å²) in [6.07, 6.45) is 0. The van der Waals surface area contributed by atoms with Crippen LogP contribution in [0.25, 0.3) is 0 Å². The van der Waals surface area contributed by atoms with E-state index >= 15 is 0 Å². The molecule has 1 aromatic carbocycles. The second kappa shape index (κ2) is 11.3. The smallest absolute Gasteiger partial charge is 0.0637 e. The Morgan fingerprint density at radius 2 is 1.09 bits per heavy atom. The SMILES string of the molecule is COCCN(CCOC)c1ccc(N(CCO)CCO)cc1. The number of aliphatic hydroxyl groups is 2. The lowest BCUT2D eigenvalue weighted by molar-refractivity contribution is 0.190. The minimum absolute atomic E-state index is 0.0650. The zero-order chi connectivity index (χ0) is 16.2. The van der Waals surface area contributed by atoms with Crippen LogP contribution in [0.15, 0.2) is 24.3 Å². The van der Waals surface area contributed by atoms with Gasteiger partial charge in [0.2, 0.25) is 0 Å². The predicted molar refractivity (Wildman–Crippen MR) is 88.8 cm³/mol. The standard InChI is InChI=1S/C16H28N2O4/c1-21-13-9-18(10-14-22-2)16-5-3-15(4-6-16)17(7-11-19)8-12-20/h3-6,19-20H,7-14H2,1-2H3. The third-order valence-electron chi connectivity index (χ3n) is 3.45. The van der Waals surface area contributed by atoms with E-state index in [0.717, 1.165) is 24.5 Å². The fourth-order valence-corrected chi connectivity index (χ4v) is 2.26. The molecule has 0 heterocycles. The van der Waals surface area contributed by atoms with Crippen molar-refractivity contribution in [1.82, 2.24) is 0 Å². The first kappa shape index (κ1) is 18.7. The van der Waals surface area contributed by atoms with Gasteiger partial charge in [-0.1, -0.05) is 0 Å². The number of benzene rings is 1. The predicted octanol–water partition coefficient (Wildman–Crippen LogP) is 0.577. The van der Waals surface area contributed by atoms with Gasteiger partial charge in [-0.3, -0.25) is 0 Å². The maximum atomic E-state index is 9.10. The van der Waals surface area contributed by atoms with Crippen molar-refractivity contribution in [3.8, 4) is 0 Å². The summed E-state index contributed by atoms with van der Waals surface area (Å²) < 4.78 is 10.3. The van der Waals surface area contributed by atoms with Crippen molar-refractivity contribution in [2.45, 2.75) is 0 Å². The van der Waals surface area contributed by atoms with Gasteiger partial charge in [0, 0.05) is 51.8 Å². The molecule has 0 aliphatic heterocycles. The van der Waals surface area contributed by atoms with E-state index in [1.54, 1.807) is 14.2 Å². The Hall–Kier alpha value is -1.34. The molecule has 1 rings (SSSR count). The van der Waals surface area contributed by atoms with Gasteiger partial charge in [-0.2, -0.15) is 0 Å². The molecule has 0 fully saturated rings. The minimum Gasteiger partial charge on any atom is -0.395 e. The molecule has 0 unspecified atom stereocenters. The van der Waals surface area contributed by atoms with Crippen LogP contribution >= 0.6 is 0 Å². The monoisotopic (exact) mass is 312 g/mol. The molecule has 0 amide bonds. The number of ether oxygens (including phenoxy) is 2. The lowest BCUT2D eigenvalue weighted by Gasteiger charge is -2.26. The van der Waals surface area contributed by atoms with E-state index in [2.05, 4.69) is 4.90 Å². The molecule has 0 atom stereocenters. The minimum atomic E-state index is 0.0650. The van der Waals surface area contributed by atoms with Crippen molar-refractivity contribution in [3.63, 3.8) is 0 Å². The maximum absolute atomic E-state index is 9.10. The highest BCUT2D eigenvalue weighted by Gasteiger charge is 2.09. The molecule has 2 N–H and O–H groups in total. The Balaban J connectivity index is 2.77. The summed E-state index contributed by atoms with van der Waals surface area (Å²) in [5.74, 6) is 0. The first-order chi connectivity index (χ1) is 10.8. The van der Waals surface area contributed by atoms with Crippen LogP contribution < -0.4 is 9.80 Å². The Bertz CT molecular complexity index is 372. The third kappa shape index (κ3) is 6.19. The normalized spacial score (nSPS) is 10.7. The number of methoxy groups -OCH3 is 2. The number of aliphatic hydroxyl groups excluding tert-OH is 2. The van der Waals surface area contributed by atoms with Crippen molar-refractivity contribution < 1.29 is 19.7 Å². The Morgan fingerprint density at radius 3 is 1.41 bits per heavy atom. The average Bonchev–Trinajstić information content (AvgIpc) is 2.55. The number of nitrogens with zero attached hydrogens (tertiary/aromatic N) is 2. The number of anilines is 2. The summed E-state index contributed by atoms with van der Waals surface area (Å²) in [5.41, 5.74) is 2.09. The molecule has 0 saturated heterocycles. The van der Waals surface area contributed by atoms with E-state index in [9.17, 15) is 0 Å². The zero-order valence-corrected chi connectivity index (χ0v) is 13.6. The van der Waals surface area contributed by atoms with Crippen LogP contribution in [0.3, 0.4) is 0 Å². The molecule has 0 aliphatic rings. The Labute approximate surface area is 132 Å². The van der Waals surface area contributed by atoms with E-state index in [4.69, 9.17) is 19.7 Å². The highest BCUT2D eigenvalue weighted by Crippen LogP contribution is 2.20. The number of hydrogen-bond donors (Lipinski definition) is 2. The molecule has 0 spiro atoms. The number of hydrogen-bond acceptors (Lipinski definition) is 6. The molecule has 22 heavy (non-hydrogen) atoms. The third-order valence-corrected chi connectivity index (χ3v) is 3.45. The second-order valence-corrected chi connectivity index (χ2v) is 4.92. The van der Waals surface area contributed by atoms with E-state index in [0.29, 0.717) is 26.3 Å². The van der Waals surface area contributed by atoms with Crippen LogP contribution in [0.2, 0.25) is 0 Å². The van der Waals surface area contributed by atoms with E-state index < -0.39 is 0 Å². The molecule has 0 bridgehead atoms. The van der Waals surface area contributed by atoms with Crippen LogP contribution in [0, 0.1) is 0 Å². The summed E-state index contributed by atoms with van der Waals surface area (Å²) in [6, 6.07) is 8.10. The maximum Gasteiger partial charge on any atom is 0.0637 e. The lowest BCUT2D eigenvalue weighted by atomic mass is 10.2. The topological polar surface area (TPSA) is 65.4 Å². The zero-order valence-electron chi connectivity index (χ0n) is 13.6. The van der Waals surface area contributed by atoms with E-state index in [1.165, 1.54) is 0 Å². The number of rotatable bonds is 12. The van der Waals surface area contributed by atoms with Crippen molar-refractivity contribution >= 4 is 11.4 Å². The quantitative estimate of drug-likeness (QED) is 0.588. The Morgan fingerprint density at radius 1 is 0.727 bits per heavy atom. The molecule has 0 saturated carbocycles. The van der Waals surface area contributed by atoms with Crippen LogP contribution in [-0.2, 0) is 9.47 Å². The van der Waals surface area contributed by atoms with Gasteiger partial charge in [0.25, 0.3) is 0 Å². The summed E-state index contributed by atoms with van der Waals surface area (Å²) >= 11 is 0. The van der Waals surface area contributed by atoms with Gasteiger partial charge < -0.3 is 29.5 Å². The summed E-state index contributed by atoms with van der Waals surface area (Å²) in [5, 5.41) is 18.2. The molecule has 0 aliphatic carbocycles. The van der Waals surface area contributed by atoms with Crippen molar-refractivity contribution in [2.75, 3.05) is 76.6 Å². The van der Waals surface area contributed by atoms with Crippen molar-refractivity contribution in [2.24, 2.45) is 0 Å². The molecule has 126 valence electrons. The molecule has 6 nitrogen and oxygen atoms in total. The highest BCUT2D eigenvalue weighted by molar-refractivity contribution is 5.56. The summed E-state index contributed by atoms with van der Waals surface area (Å²) in [4.78, 5) is 4.16. The molecular weight excluding hydrogens is 284 g/mol. The highest BCUT2D eigenvalue weighted by atomic mass is 16.5. The van der Waals surface area contributed by atoms with Crippen LogP contribution in [-0.4, -0.2) is 77.0 Å². The first-order valence-corrected chi connectivity index (χ1v) is 7.56. The van der Waals surface area contributed by atoms with Gasteiger partial charge in [-0.25, -0.2) is 0 Å². The van der Waals surface area contributed by atoms with E-state index in [1.807, 2.05) is 29.2 Å². The van der Waals surface area contributed by atoms with Gasteiger partial charge in [0.1, 0.15) is 0 Å². The van der Waals surface area contributed by atoms with Crippen LogP contribution in [0.4, 0.5) is 11.4 Å². The molecule has 0 radical (unpaired) electrons. The molecule has 0 aromatic heterocycles.